The second kappa shape index (κ2) is 9.70. The minimum Gasteiger partial charge on any atom is -0.497 e. The molecule has 2 aliphatic rings. The van der Waals surface area contributed by atoms with Crippen molar-refractivity contribution < 1.29 is 28.7 Å². The van der Waals surface area contributed by atoms with Crippen LogP contribution in [0.4, 0.5) is 0 Å². The third kappa shape index (κ3) is 5.27. The van der Waals surface area contributed by atoms with Gasteiger partial charge in [-0.15, -0.1) is 0 Å². The molecule has 31 heavy (non-hydrogen) atoms. The van der Waals surface area contributed by atoms with Gasteiger partial charge in [-0.2, -0.15) is 0 Å². The Morgan fingerprint density at radius 1 is 1.10 bits per heavy atom. The quantitative estimate of drug-likeness (QED) is 0.530. The predicted molar refractivity (Wildman–Crippen MR) is 115 cm³/mol. The molecule has 0 aliphatic carbocycles. The van der Waals surface area contributed by atoms with Gasteiger partial charge in [-0.25, -0.2) is 0 Å². The normalized spacial score (nSPS) is 16.3. The van der Waals surface area contributed by atoms with Gasteiger partial charge >= 0.3 is 0 Å². The van der Waals surface area contributed by atoms with Crippen LogP contribution in [0.3, 0.4) is 0 Å². The largest absolute Gasteiger partial charge is 0.497 e. The number of oxime groups is 1. The molecule has 8 nitrogen and oxygen atoms in total. The van der Waals surface area contributed by atoms with E-state index in [1.165, 1.54) is 10.5 Å². The average molecular weight is 426 g/mol. The van der Waals surface area contributed by atoms with E-state index < -0.39 is 0 Å². The second-order valence-electron chi connectivity index (χ2n) is 7.67. The molecular formula is C23H28N3O5+. The summed E-state index contributed by atoms with van der Waals surface area (Å²) in [6, 6.07) is 13.8. The van der Waals surface area contributed by atoms with Crippen molar-refractivity contribution in [2.75, 3.05) is 46.7 Å². The highest BCUT2D eigenvalue weighted by atomic mass is 16.7. The lowest BCUT2D eigenvalue weighted by molar-refractivity contribution is -0.917. The Bertz CT molecular complexity index is 937. The van der Waals surface area contributed by atoms with E-state index in [0.717, 1.165) is 49.8 Å². The Morgan fingerprint density at radius 3 is 2.58 bits per heavy atom. The van der Waals surface area contributed by atoms with Gasteiger partial charge in [0, 0.05) is 11.1 Å². The topological polar surface area (TPSA) is 74.0 Å². The highest BCUT2D eigenvalue weighted by molar-refractivity contribution is 5.99. The van der Waals surface area contributed by atoms with Crippen LogP contribution in [-0.2, 0) is 16.2 Å². The summed E-state index contributed by atoms with van der Waals surface area (Å²) in [4.78, 5) is 21.1. The number of hydrogen-bond donors (Lipinski definition) is 1. The Balaban J connectivity index is 1.21. The van der Waals surface area contributed by atoms with E-state index >= 15 is 0 Å². The van der Waals surface area contributed by atoms with Crippen LogP contribution in [0, 0.1) is 0 Å². The van der Waals surface area contributed by atoms with Crippen molar-refractivity contribution in [2.24, 2.45) is 5.16 Å². The number of methoxy groups -OCH3 is 1. The minimum absolute atomic E-state index is 0.0364. The molecule has 0 radical (unpaired) electrons. The van der Waals surface area contributed by atoms with Crippen molar-refractivity contribution in [3.63, 3.8) is 0 Å². The molecule has 0 aromatic heterocycles. The SMILES string of the molecule is COc1ccc(C[NH+]2CCN(C(=O)CO/N=C(/C)c3ccc4c(c3)OCO4)CC2)cc1. The smallest absolute Gasteiger partial charge is 0.263 e. The van der Waals surface area contributed by atoms with E-state index in [0.29, 0.717) is 11.5 Å². The van der Waals surface area contributed by atoms with E-state index in [1.807, 2.05) is 42.2 Å². The monoisotopic (exact) mass is 426 g/mol. The molecular weight excluding hydrogens is 398 g/mol. The van der Waals surface area contributed by atoms with Crippen LogP contribution in [0.5, 0.6) is 17.2 Å². The van der Waals surface area contributed by atoms with E-state index in [-0.39, 0.29) is 19.3 Å². The number of benzene rings is 2. The summed E-state index contributed by atoms with van der Waals surface area (Å²) in [6.07, 6.45) is 0. The molecule has 0 saturated carbocycles. The van der Waals surface area contributed by atoms with Crippen LogP contribution < -0.4 is 19.1 Å². The zero-order valence-electron chi connectivity index (χ0n) is 17.9. The highest BCUT2D eigenvalue weighted by Gasteiger charge is 2.24. The lowest BCUT2D eigenvalue weighted by atomic mass is 10.1. The number of quaternary nitrogens is 1. The molecule has 0 unspecified atom stereocenters. The van der Waals surface area contributed by atoms with Crippen molar-refractivity contribution in [2.45, 2.75) is 13.5 Å². The Morgan fingerprint density at radius 2 is 1.84 bits per heavy atom. The zero-order chi connectivity index (χ0) is 21.6. The first kappa shape index (κ1) is 21.0. The summed E-state index contributed by atoms with van der Waals surface area (Å²) >= 11 is 0. The van der Waals surface area contributed by atoms with Crippen LogP contribution in [0.1, 0.15) is 18.1 Å². The van der Waals surface area contributed by atoms with Gasteiger partial charge in [-0.3, -0.25) is 4.79 Å². The summed E-state index contributed by atoms with van der Waals surface area (Å²) in [7, 11) is 1.67. The molecule has 2 aliphatic heterocycles. The van der Waals surface area contributed by atoms with Crippen molar-refractivity contribution >= 4 is 11.6 Å². The maximum absolute atomic E-state index is 12.5. The van der Waals surface area contributed by atoms with Gasteiger partial charge < -0.3 is 28.8 Å². The standard InChI is InChI=1S/C23H27N3O5/c1-17(19-5-8-21-22(13-19)30-16-29-21)24-31-15-23(27)26-11-9-25(10-12-26)14-18-3-6-20(28-2)7-4-18/h3-8,13H,9-12,14-16H2,1-2H3/p+1/b24-17-. The number of nitrogens with one attached hydrogen (secondary N) is 1. The first-order valence-corrected chi connectivity index (χ1v) is 10.4. The molecule has 2 aromatic rings. The van der Waals surface area contributed by atoms with Gasteiger partial charge in [-0.1, -0.05) is 5.16 Å². The predicted octanol–water partition coefficient (Wildman–Crippen LogP) is 1.09. The zero-order valence-corrected chi connectivity index (χ0v) is 17.9. The molecule has 8 heteroatoms. The third-order valence-corrected chi connectivity index (χ3v) is 5.62. The molecule has 0 spiro atoms. The molecule has 1 amide bonds. The van der Waals surface area contributed by atoms with E-state index in [4.69, 9.17) is 19.0 Å². The van der Waals surface area contributed by atoms with Crippen LogP contribution in [0.2, 0.25) is 0 Å². The number of nitrogens with zero attached hydrogens (tertiary/aromatic N) is 2. The van der Waals surface area contributed by atoms with E-state index in [2.05, 4.69) is 17.3 Å². The number of rotatable bonds is 7. The molecule has 0 bridgehead atoms. The maximum atomic E-state index is 12.5. The lowest BCUT2D eigenvalue weighted by Gasteiger charge is -2.32. The van der Waals surface area contributed by atoms with Crippen molar-refractivity contribution in [1.82, 2.24) is 4.90 Å². The minimum atomic E-state index is -0.0598. The van der Waals surface area contributed by atoms with Gasteiger partial charge in [0.05, 0.1) is 39.0 Å². The van der Waals surface area contributed by atoms with Crippen molar-refractivity contribution in [1.29, 1.82) is 0 Å². The third-order valence-electron chi connectivity index (χ3n) is 5.62. The number of carbonyl (C=O) groups excluding carboxylic acids is 1. The highest BCUT2D eigenvalue weighted by Crippen LogP contribution is 2.32. The fourth-order valence-corrected chi connectivity index (χ4v) is 3.73. The Labute approximate surface area is 181 Å². The number of piperazine rings is 1. The molecule has 0 atom stereocenters. The Hall–Kier alpha value is -3.26. The molecule has 4 rings (SSSR count). The van der Waals surface area contributed by atoms with Gasteiger partial charge in [0.15, 0.2) is 18.1 Å². The molecule has 1 N–H and O–H groups in total. The van der Waals surface area contributed by atoms with Crippen molar-refractivity contribution in [3.05, 3.63) is 53.6 Å². The van der Waals surface area contributed by atoms with Gasteiger partial charge in [-0.05, 0) is 49.4 Å². The van der Waals surface area contributed by atoms with Crippen LogP contribution in [0.15, 0.2) is 47.6 Å². The first-order chi connectivity index (χ1) is 15.1. The van der Waals surface area contributed by atoms with Gasteiger partial charge in [0.1, 0.15) is 12.3 Å². The summed E-state index contributed by atoms with van der Waals surface area (Å²) in [5.74, 6) is 2.25. The van der Waals surface area contributed by atoms with Crippen LogP contribution in [-0.4, -0.2) is 63.2 Å². The summed E-state index contributed by atoms with van der Waals surface area (Å²) in [6.45, 7) is 6.22. The molecule has 2 heterocycles. The van der Waals surface area contributed by atoms with Crippen LogP contribution in [0.25, 0.3) is 0 Å². The number of carbonyl (C=O) groups is 1. The van der Waals surface area contributed by atoms with Crippen LogP contribution >= 0.6 is 0 Å². The number of fused-ring (bicyclic) bond motifs is 1. The number of hydrogen-bond acceptors (Lipinski definition) is 6. The van der Waals surface area contributed by atoms with Crippen molar-refractivity contribution in [3.8, 4) is 17.2 Å². The molecule has 164 valence electrons. The fourth-order valence-electron chi connectivity index (χ4n) is 3.73. The second-order valence-corrected chi connectivity index (χ2v) is 7.67. The first-order valence-electron chi connectivity index (χ1n) is 10.4. The summed E-state index contributed by atoms with van der Waals surface area (Å²) in [5.41, 5.74) is 2.82. The lowest BCUT2D eigenvalue weighted by Crippen LogP contribution is -3.13. The van der Waals surface area contributed by atoms with Gasteiger partial charge in [0.25, 0.3) is 5.91 Å². The Kier molecular flexibility index (Phi) is 6.57. The van der Waals surface area contributed by atoms with E-state index in [1.54, 1.807) is 7.11 Å². The number of ether oxygens (including phenoxy) is 3. The summed E-state index contributed by atoms with van der Waals surface area (Å²) in [5, 5.41) is 4.10. The molecule has 1 fully saturated rings. The summed E-state index contributed by atoms with van der Waals surface area (Å²) < 4.78 is 15.9. The maximum Gasteiger partial charge on any atom is 0.263 e. The average Bonchev–Trinajstić information content (AvgIpc) is 3.28. The fraction of sp³-hybridized carbons (Fsp3) is 0.391. The number of amides is 1. The van der Waals surface area contributed by atoms with E-state index in [9.17, 15) is 4.79 Å². The van der Waals surface area contributed by atoms with Gasteiger partial charge in [0.2, 0.25) is 6.79 Å². The molecule has 2 aromatic carbocycles. The molecule has 1 saturated heterocycles.